The van der Waals surface area contributed by atoms with E-state index in [0.717, 1.165) is 24.1 Å². The van der Waals surface area contributed by atoms with E-state index in [1.165, 1.54) is 6.33 Å². The molecule has 2 aliphatic heterocycles. The molecule has 2 aliphatic rings. The second kappa shape index (κ2) is 6.95. The third-order valence-electron chi connectivity index (χ3n) is 5.54. The Morgan fingerprint density at radius 1 is 1.14 bits per heavy atom. The number of ether oxygens (including phenoxy) is 1. The molecule has 1 fully saturated rings. The van der Waals surface area contributed by atoms with Gasteiger partial charge in [0.25, 0.3) is 0 Å². The Bertz CT molecular complexity index is 1040. The average Bonchev–Trinajstić information content (AvgIpc) is 3.24. The van der Waals surface area contributed by atoms with Crippen molar-refractivity contribution in [2.24, 2.45) is 0 Å². The molecule has 146 valence electrons. The summed E-state index contributed by atoms with van der Waals surface area (Å²) >= 11 is 12.3. The maximum Gasteiger partial charge on any atom is 0.164 e. The molecule has 1 saturated heterocycles. The standard InChI is InChI=1S/C19H18Cl2N4O3/c20-10-1-2-11-9(7-10)3-5-22-13(11)16-14(26)15(27)19(28-16)25-6-4-12-17(21)23-8-24-18(12)25/h1-2,4,6-8,13-16,19,22,26-27H,3,5H2/t13-,14+,15-,16-,19-/m1/s1. The molecule has 0 saturated carbocycles. The number of halogens is 2. The van der Waals surface area contributed by atoms with Gasteiger partial charge >= 0.3 is 0 Å². The fourth-order valence-corrected chi connectivity index (χ4v) is 4.58. The lowest BCUT2D eigenvalue weighted by atomic mass is 9.89. The van der Waals surface area contributed by atoms with Gasteiger partial charge in [0, 0.05) is 11.2 Å². The third-order valence-corrected chi connectivity index (χ3v) is 6.07. The van der Waals surface area contributed by atoms with E-state index in [2.05, 4.69) is 15.3 Å². The van der Waals surface area contributed by atoms with Crippen LogP contribution in [-0.4, -0.2) is 49.6 Å². The molecule has 5 rings (SSSR count). The van der Waals surface area contributed by atoms with E-state index in [0.29, 0.717) is 21.2 Å². The lowest BCUT2D eigenvalue weighted by Gasteiger charge is -2.32. The normalized spacial score (nSPS) is 29.9. The summed E-state index contributed by atoms with van der Waals surface area (Å²) in [7, 11) is 0. The molecular weight excluding hydrogens is 403 g/mol. The largest absolute Gasteiger partial charge is 0.387 e. The second-order valence-corrected chi connectivity index (χ2v) is 7.92. The zero-order chi connectivity index (χ0) is 19.4. The predicted octanol–water partition coefficient (Wildman–Crippen LogP) is 2.24. The van der Waals surface area contributed by atoms with Gasteiger partial charge < -0.3 is 24.8 Å². The van der Waals surface area contributed by atoms with E-state index in [4.69, 9.17) is 27.9 Å². The smallest absolute Gasteiger partial charge is 0.164 e. The molecule has 0 amide bonds. The van der Waals surface area contributed by atoms with Crippen molar-refractivity contribution in [3.8, 4) is 0 Å². The van der Waals surface area contributed by atoms with Crippen LogP contribution in [0.3, 0.4) is 0 Å². The molecule has 0 bridgehead atoms. The van der Waals surface area contributed by atoms with Gasteiger partial charge in [0.2, 0.25) is 0 Å². The van der Waals surface area contributed by atoms with Crippen molar-refractivity contribution in [2.75, 3.05) is 6.54 Å². The minimum Gasteiger partial charge on any atom is -0.387 e. The van der Waals surface area contributed by atoms with Crippen LogP contribution in [0.1, 0.15) is 23.4 Å². The first-order valence-corrected chi connectivity index (χ1v) is 9.80. The second-order valence-electron chi connectivity index (χ2n) is 7.12. The summed E-state index contributed by atoms with van der Waals surface area (Å²) in [5.41, 5.74) is 2.69. The van der Waals surface area contributed by atoms with Crippen molar-refractivity contribution < 1.29 is 14.9 Å². The van der Waals surface area contributed by atoms with Crippen LogP contribution in [0.4, 0.5) is 0 Å². The highest BCUT2D eigenvalue weighted by Crippen LogP contribution is 2.40. The number of nitrogens with zero attached hydrogens (tertiary/aromatic N) is 3. The van der Waals surface area contributed by atoms with Gasteiger partial charge in [-0.15, -0.1) is 0 Å². The van der Waals surface area contributed by atoms with Crippen molar-refractivity contribution in [3.63, 3.8) is 0 Å². The van der Waals surface area contributed by atoms with E-state index in [1.54, 1.807) is 16.8 Å². The lowest BCUT2D eigenvalue weighted by molar-refractivity contribution is -0.0473. The van der Waals surface area contributed by atoms with Gasteiger partial charge in [-0.05, 0) is 42.3 Å². The molecule has 0 unspecified atom stereocenters. The Hall–Kier alpha value is -1.74. The van der Waals surface area contributed by atoms with Gasteiger partial charge in [0.15, 0.2) is 6.23 Å². The summed E-state index contributed by atoms with van der Waals surface area (Å²) in [4.78, 5) is 8.22. The highest BCUT2D eigenvalue weighted by atomic mass is 35.5. The number of benzene rings is 1. The molecule has 0 radical (unpaired) electrons. The number of fused-ring (bicyclic) bond motifs is 2. The Labute approximate surface area is 170 Å². The monoisotopic (exact) mass is 420 g/mol. The van der Waals surface area contributed by atoms with Crippen LogP contribution in [-0.2, 0) is 11.2 Å². The fraction of sp³-hybridized carbons (Fsp3) is 0.368. The first-order valence-electron chi connectivity index (χ1n) is 9.05. The molecule has 7 nitrogen and oxygen atoms in total. The topological polar surface area (TPSA) is 92.4 Å². The van der Waals surface area contributed by atoms with E-state index in [-0.39, 0.29) is 6.04 Å². The number of aliphatic hydroxyl groups is 2. The number of hydrogen-bond acceptors (Lipinski definition) is 6. The Morgan fingerprint density at radius 2 is 2.00 bits per heavy atom. The van der Waals surface area contributed by atoms with Gasteiger partial charge in [0.05, 0.1) is 11.4 Å². The minimum absolute atomic E-state index is 0.254. The number of aliphatic hydroxyl groups excluding tert-OH is 2. The predicted molar refractivity (Wildman–Crippen MR) is 104 cm³/mol. The van der Waals surface area contributed by atoms with Gasteiger partial charge in [-0.2, -0.15) is 0 Å². The van der Waals surface area contributed by atoms with E-state index in [1.807, 2.05) is 18.2 Å². The van der Waals surface area contributed by atoms with E-state index < -0.39 is 24.5 Å². The first-order chi connectivity index (χ1) is 13.5. The van der Waals surface area contributed by atoms with Crippen LogP contribution in [0.25, 0.3) is 11.0 Å². The summed E-state index contributed by atoms with van der Waals surface area (Å²) < 4.78 is 7.85. The fourth-order valence-electron chi connectivity index (χ4n) is 4.20. The van der Waals surface area contributed by atoms with Gasteiger partial charge in [-0.25, -0.2) is 9.97 Å². The van der Waals surface area contributed by atoms with E-state index >= 15 is 0 Å². The molecule has 28 heavy (non-hydrogen) atoms. The lowest BCUT2D eigenvalue weighted by Crippen LogP contribution is -2.43. The number of hydrogen-bond donors (Lipinski definition) is 3. The van der Waals surface area contributed by atoms with Crippen molar-refractivity contribution in [3.05, 3.63) is 58.1 Å². The van der Waals surface area contributed by atoms with Gasteiger partial charge in [-0.1, -0.05) is 29.3 Å². The maximum atomic E-state index is 10.8. The molecule has 1 aromatic carbocycles. The SMILES string of the molecule is O[C@@H]1[C@H](O)[C@@H]([C@@H]2NCCc3cc(Cl)ccc32)O[C@H]1n1ccc2c(Cl)ncnc21. The van der Waals surface area contributed by atoms with Crippen molar-refractivity contribution in [1.29, 1.82) is 0 Å². The quantitative estimate of drug-likeness (QED) is 0.550. The Morgan fingerprint density at radius 3 is 2.86 bits per heavy atom. The summed E-state index contributed by atoms with van der Waals surface area (Å²) in [5, 5.41) is 26.6. The Kier molecular flexibility index (Phi) is 4.54. The summed E-state index contributed by atoms with van der Waals surface area (Å²) in [5.74, 6) is 0. The van der Waals surface area contributed by atoms with Crippen LogP contribution in [0.15, 0.2) is 36.8 Å². The summed E-state index contributed by atoms with van der Waals surface area (Å²) in [6.07, 6.45) is 0.333. The highest BCUT2D eigenvalue weighted by molar-refractivity contribution is 6.33. The van der Waals surface area contributed by atoms with Crippen LogP contribution < -0.4 is 5.32 Å². The van der Waals surface area contributed by atoms with Crippen LogP contribution in [0.5, 0.6) is 0 Å². The first kappa shape index (κ1) is 18.3. The third kappa shape index (κ3) is 2.82. The molecule has 3 aromatic rings. The van der Waals surface area contributed by atoms with Gasteiger partial charge in [-0.3, -0.25) is 0 Å². The van der Waals surface area contributed by atoms with Gasteiger partial charge in [0.1, 0.15) is 35.4 Å². The van der Waals surface area contributed by atoms with Crippen LogP contribution >= 0.6 is 23.2 Å². The van der Waals surface area contributed by atoms with E-state index in [9.17, 15) is 10.2 Å². The molecule has 9 heteroatoms. The van der Waals surface area contributed by atoms with Crippen LogP contribution in [0, 0.1) is 0 Å². The molecule has 2 aromatic heterocycles. The Balaban J connectivity index is 1.50. The number of aromatic nitrogens is 3. The maximum absolute atomic E-state index is 10.8. The highest BCUT2D eigenvalue weighted by Gasteiger charge is 2.48. The molecule has 0 aliphatic carbocycles. The summed E-state index contributed by atoms with van der Waals surface area (Å²) in [6.45, 7) is 0.737. The molecule has 5 atom stereocenters. The number of rotatable bonds is 2. The molecule has 4 heterocycles. The van der Waals surface area contributed by atoms with Crippen molar-refractivity contribution in [1.82, 2.24) is 19.9 Å². The zero-order valence-electron chi connectivity index (χ0n) is 14.7. The zero-order valence-corrected chi connectivity index (χ0v) is 16.2. The molecule has 3 N–H and O–H groups in total. The number of nitrogens with one attached hydrogen (secondary N) is 1. The average molecular weight is 421 g/mol. The summed E-state index contributed by atoms with van der Waals surface area (Å²) in [6, 6.07) is 7.23. The minimum atomic E-state index is -1.12. The van der Waals surface area contributed by atoms with Crippen molar-refractivity contribution >= 4 is 34.2 Å². The molecule has 0 spiro atoms. The van der Waals surface area contributed by atoms with Crippen LogP contribution in [0.2, 0.25) is 10.2 Å². The molecular formula is C19H18Cl2N4O3. The van der Waals surface area contributed by atoms with Crippen molar-refractivity contribution in [2.45, 2.75) is 37.0 Å².